The fourth-order valence-electron chi connectivity index (χ4n) is 3.93. The van der Waals surface area contributed by atoms with Gasteiger partial charge in [-0.2, -0.15) is 0 Å². The van der Waals surface area contributed by atoms with E-state index in [1.165, 1.54) is 37.3 Å². The van der Waals surface area contributed by atoms with Gasteiger partial charge in [0.15, 0.2) is 5.01 Å². The van der Waals surface area contributed by atoms with E-state index in [2.05, 4.69) is 15.2 Å². The summed E-state index contributed by atoms with van der Waals surface area (Å²) in [5.74, 6) is 1.37. The molecule has 0 radical (unpaired) electrons. The van der Waals surface area contributed by atoms with E-state index in [9.17, 15) is 4.79 Å². The van der Waals surface area contributed by atoms with Crippen LogP contribution in [0.15, 0.2) is 24.3 Å². The van der Waals surface area contributed by atoms with Gasteiger partial charge < -0.3 is 15.0 Å². The number of para-hydroxylation sites is 1. The lowest BCUT2D eigenvalue weighted by molar-refractivity contribution is 0.0620. The smallest absolute Gasteiger partial charge is 0.280 e. The predicted molar refractivity (Wildman–Crippen MR) is 99.3 cm³/mol. The van der Waals surface area contributed by atoms with Crippen LogP contribution in [0.1, 0.15) is 28.3 Å². The number of fused-ring (bicyclic) bond motifs is 3. The van der Waals surface area contributed by atoms with Gasteiger partial charge in [0.1, 0.15) is 5.75 Å². The number of benzene rings is 1. The van der Waals surface area contributed by atoms with E-state index in [4.69, 9.17) is 4.74 Å². The molecule has 3 fully saturated rings. The first kappa shape index (κ1) is 16.5. The SMILES string of the molecule is COc1ccccc1-c1sc(C(=O)NC2CN3CCC2CC3)nc1C. The second-order valence-electron chi connectivity index (χ2n) is 6.85. The molecule has 3 aliphatic rings. The molecule has 25 heavy (non-hydrogen) atoms. The lowest BCUT2D eigenvalue weighted by Crippen LogP contribution is -2.57. The number of nitrogens with zero attached hydrogens (tertiary/aromatic N) is 2. The van der Waals surface area contributed by atoms with Crippen molar-refractivity contribution in [3.05, 3.63) is 35.0 Å². The van der Waals surface area contributed by atoms with E-state index in [1.807, 2.05) is 31.2 Å². The molecular weight excluding hydrogens is 334 g/mol. The zero-order valence-electron chi connectivity index (χ0n) is 14.6. The average molecular weight is 357 g/mol. The summed E-state index contributed by atoms with van der Waals surface area (Å²) in [6.45, 7) is 5.26. The standard InChI is InChI=1S/C19H23N3O2S/c1-12-17(14-5-3-4-6-16(14)24-2)25-19(20-12)18(23)21-15-11-22-9-7-13(15)8-10-22/h3-6,13,15H,7-11H2,1-2H3,(H,21,23). The first-order valence-electron chi connectivity index (χ1n) is 8.79. The number of amides is 1. The number of methoxy groups -OCH3 is 1. The molecule has 1 atom stereocenters. The minimum atomic E-state index is -0.0482. The number of carbonyl (C=O) groups excluding carboxylic acids is 1. The fraction of sp³-hybridized carbons (Fsp3) is 0.474. The van der Waals surface area contributed by atoms with Gasteiger partial charge in [0, 0.05) is 18.2 Å². The molecule has 1 aromatic carbocycles. The van der Waals surface area contributed by atoms with Crippen molar-refractivity contribution in [3.63, 3.8) is 0 Å². The third kappa shape index (κ3) is 3.16. The van der Waals surface area contributed by atoms with Crippen LogP contribution in [0.3, 0.4) is 0 Å². The molecule has 2 aromatic rings. The highest BCUT2D eigenvalue weighted by molar-refractivity contribution is 7.17. The third-order valence-electron chi connectivity index (χ3n) is 5.32. The lowest BCUT2D eigenvalue weighted by Gasteiger charge is -2.44. The van der Waals surface area contributed by atoms with Crippen LogP contribution in [0.25, 0.3) is 10.4 Å². The first-order valence-corrected chi connectivity index (χ1v) is 9.61. The predicted octanol–water partition coefficient (Wildman–Crippen LogP) is 2.95. The van der Waals surface area contributed by atoms with Crippen LogP contribution in [-0.2, 0) is 0 Å². The molecule has 2 bridgehead atoms. The third-order valence-corrected chi connectivity index (χ3v) is 6.50. The summed E-state index contributed by atoms with van der Waals surface area (Å²) in [4.78, 5) is 20.7. The minimum absolute atomic E-state index is 0.0482. The molecule has 0 aliphatic carbocycles. The zero-order valence-corrected chi connectivity index (χ0v) is 15.4. The van der Waals surface area contributed by atoms with Crippen molar-refractivity contribution in [1.82, 2.24) is 15.2 Å². The van der Waals surface area contributed by atoms with Gasteiger partial charge in [0.2, 0.25) is 0 Å². The van der Waals surface area contributed by atoms with Crippen molar-refractivity contribution in [2.24, 2.45) is 5.92 Å². The average Bonchev–Trinajstić information content (AvgIpc) is 3.04. The zero-order chi connectivity index (χ0) is 17.4. The number of aromatic nitrogens is 1. The Balaban J connectivity index is 1.54. The van der Waals surface area contributed by atoms with E-state index in [0.717, 1.165) is 28.4 Å². The second-order valence-corrected chi connectivity index (χ2v) is 7.85. The number of ether oxygens (including phenoxy) is 1. The van der Waals surface area contributed by atoms with Gasteiger partial charge in [0.25, 0.3) is 5.91 Å². The van der Waals surface area contributed by atoms with Crippen molar-refractivity contribution in [2.45, 2.75) is 25.8 Å². The van der Waals surface area contributed by atoms with Crippen LogP contribution >= 0.6 is 11.3 Å². The highest BCUT2D eigenvalue weighted by Crippen LogP contribution is 2.36. The number of carbonyl (C=O) groups is 1. The summed E-state index contributed by atoms with van der Waals surface area (Å²) < 4.78 is 5.45. The fourth-order valence-corrected chi connectivity index (χ4v) is 4.93. The number of rotatable bonds is 4. The number of hydrogen-bond donors (Lipinski definition) is 1. The molecule has 0 saturated carbocycles. The van der Waals surface area contributed by atoms with Crippen LogP contribution in [0.4, 0.5) is 0 Å². The Bertz CT molecular complexity index is 781. The molecule has 4 heterocycles. The van der Waals surface area contributed by atoms with Crippen LogP contribution < -0.4 is 10.1 Å². The lowest BCUT2D eigenvalue weighted by atomic mass is 9.84. The summed E-state index contributed by atoms with van der Waals surface area (Å²) in [7, 11) is 1.66. The normalized spacial score (nSPS) is 25.0. The van der Waals surface area contributed by atoms with Crippen molar-refractivity contribution in [3.8, 4) is 16.2 Å². The Morgan fingerprint density at radius 3 is 2.76 bits per heavy atom. The van der Waals surface area contributed by atoms with E-state index >= 15 is 0 Å². The van der Waals surface area contributed by atoms with Crippen molar-refractivity contribution in [1.29, 1.82) is 0 Å². The molecule has 5 nitrogen and oxygen atoms in total. The van der Waals surface area contributed by atoms with E-state index in [1.54, 1.807) is 7.11 Å². The summed E-state index contributed by atoms with van der Waals surface area (Å²) in [6.07, 6.45) is 2.38. The number of thiazole rings is 1. The minimum Gasteiger partial charge on any atom is -0.496 e. The molecule has 1 unspecified atom stereocenters. The Kier molecular flexibility index (Phi) is 4.48. The van der Waals surface area contributed by atoms with Crippen molar-refractivity contribution < 1.29 is 9.53 Å². The number of hydrogen-bond acceptors (Lipinski definition) is 5. The molecule has 1 amide bonds. The van der Waals surface area contributed by atoms with Gasteiger partial charge in [-0.3, -0.25) is 4.79 Å². The molecule has 1 N–H and O–H groups in total. The van der Waals surface area contributed by atoms with Gasteiger partial charge in [-0.25, -0.2) is 4.98 Å². The molecule has 3 aliphatic heterocycles. The summed E-state index contributed by atoms with van der Waals surface area (Å²) in [5, 5.41) is 3.76. The van der Waals surface area contributed by atoms with E-state index in [-0.39, 0.29) is 11.9 Å². The van der Waals surface area contributed by atoms with Crippen molar-refractivity contribution in [2.75, 3.05) is 26.7 Å². The van der Waals surface area contributed by atoms with Gasteiger partial charge in [0.05, 0.1) is 17.7 Å². The van der Waals surface area contributed by atoms with Crippen LogP contribution in [0.2, 0.25) is 0 Å². The molecule has 1 aromatic heterocycles. The van der Waals surface area contributed by atoms with Gasteiger partial charge in [-0.05, 0) is 50.9 Å². The Labute approximate surface area is 152 Å². The maximum atomic E-state index is 12.7. The van der Waals surface area contributed by atoms with Gasteiger partial charge >= 0.3 is 0 Å². The van der Waals surface area contributed by atoms with E-state index < -0.39 is 0 Å². The summed E-state index contributed by atoms with van der Waals surface area (Å²) >= 11 is 1.44. The first-order chi connectivity index (χ1) is 12.2. The van der Waals surface area contributed by atoms with Crippen LogP contribution in [-0.4, -0.2) is 48.6 Å². The topological polar surface area (TPSA) is 54.5 Å². The number of aryl methyl sites for hydroxylation is 1. The second kappa shape index (κ2) is 6.77. The van der Waals surface area contributed by atoms with Gasteiger partial charge in [-0.1, -0.05) is 12.1 Å². The van der Waals surface area contributed by atoms with E-state index in [0.29, 0.717) is 10.9 Å². The highest BCUT2D eigenvalue weighted by Gasteiger charge is 2.35. The van der Waals surface area contributed by atoms with Crippen molar-refractivity contribution >= 4 is 17.2 Å². The van der Waals surface area contributed by atoms with Crippen LogP contribution in [0.5, 0.6) is 5.75 Å². The Hall–Kier alpha value is -1.92. The van der Waals surface area contributed by atoms with Gasteiger partial charge in [-0.15, -0.1) is 11.3 Å². The molecule has 132 valence electrons. The molecule has 0 spiro atoms. The quantitative estimate of drug-likeness (QED) is 0.914. The molecule has 6 heteroatoms. The molecule has 5 rings (SSSR count). The summed E-state index contributed by atoms with van der Waals surface area (Å²) in [5.41, 5.74) is 1.86. The highest BCUT2D eigenvalue weighted by atomic mass is 32.1. The van der Waals surface area contributed by atoms with Crippen LogP contribution in [0, 0.1) is 12.8 Å². The number of piperidine rings is 3. The number of nitrogens with one attached hydrogen (secondary N) is 1. The molecular formula is C19H23N3O2S. The molecule has 3 saturated heterocycles. The maximum absolute atomic E-state index is 12.7. The largest absolute Gasteiger partial charge is 0.496 e. The monoisotopic (exact) mass is 357 g/mol. The maximum Gasteiger partial charge on any atom is 0.280 e. The Morgan fingerprint density at radius 1 is 1.32 bits per heavy atom. The Morgan fingerprint density at radius 2 is 2.08 bits per heavy atom. The summed E-state index contributed by atoms with van der Waals surface area (Å²) in [6, 6.07) is 8.12.